The van der Waals surface area contributed by atoms with Gasteiger partial charge in [0, 0.05) is 5.92 Å². The topological polar surface area (TPSA) is 64.3 Å². The van der Waals surface area contributed by atoms with Crippen molar-refractivity contribution >= 4 is 18.3 Å². The lowest BCUT2D eigenvalue weighted by molar-refractivity contribution is -0.126. The van der Waals surface area contributed by atoms with E-state index in [2.05, 4.69) is 5.32 Å². The number of carbonyl (C=O) groups is 1. The van der Waals surface area contributed by atoms with E-state index in [0.717, 1.165) is 30.6 Å². The van der Waals surface area contributed by atoms with Gasteiger partial charge in [-0.3, -0.25) is 4.79 Å². The van der Waals surface area contributed by atoms with Crippen molar-refractivity contribution in [2.24, 2.45) is 17.6 Å². The Balaban J connectivity index is 0.00000264. The lowest BCUT2D eigenvalue weighted by atomic mass is 9.94. The average molecular weight is 341 g/mol. The molecule has 4 nitrogen and oxygen atoms in total. The van der Waals surface area contributed by atoms with E-state index in [-0.39, 0.29) is 36.4 Å². The van der Waals surface area contributed by atoms with Crippen LogP contribution >= 0.6 is 12.4 Å². The highest BCUT2D eigenvalue weighted by Gasteiger charge is 2.32. The van der Waals surface area contributed by atoms with Gasteiger partial charge in [0.05, 0.1) is 12.1 Å². The van der Waals surface area contributed by atoms with Gasteiger partial charge in [-0.15, -0.1) is 12.4 Å². The van der Waals surface area contributed by atoms with Crippen LogP contribution in [0.4, 0.5) is 0 Å². The van der Waals surface area contributed by atoms with Gasteiger partial charge in [-0.2, -0.15) is 0 Å². The number of rotatable bonds is 6. The molecule has 130 valence electrons. The molecule has 1 unspecified atom stereocenters. The van der Waals surface area contributed by atoms with Crippen molar-refractivity contribution in [3.63, 3.8) is 0 Å². The summed E-state index contributed by atoms with van der Waals surface area (Å²) in [5.74, 6) is 1.38. The minimum Gasteiger partial charge on any atom is -0.491 e. The summed E-state index contributed by atoms with van der Waals surface area (Å²) in [6.45, 7) is 6.62. The second-order valence-electron chi connectivity index (χ2n) is 6.50. The van der Waals surface area contributed by atoms with E-state index in [1.165, 1.54) is 0 Å². The van der Waals surface area contributed by atoms with Crippen LogP contribution < -0.4 is 15.8 Å². The van der Waals surface area contributed by atoms with Crippen LogP contribution in [0.2, 0.25) is 0 Å². The molecule has 1 aliphatic rings. The van der Waals surface area contributed by atoms with Crippen molar-refractivity contribution in [1.29, 1.82) is 0 Å². The lowest BCUT2D eigenvalue weighted by Crippen LogP contribution is -2.36. The Labute approximate surface area is 145 Å². The van der Waals surface area contributed by atoms with Gasteiger partial charge in [-0.05, 0) is 63.8 Å². The maximum Gasteiger partial charge on any atom is 0.223 e. The molecule has 3 atom stereocenters. The van der Waals surface area contributed by atoms with Gasteiger partial charge in [0.2, 0.25) is 5.91 Å². The van der Waals surface area contributed by atoms with Gasteiger partial charge >= 0.3 is 0 Å². The first-order valence-electron chi connectivity index (χ1n) is 8.28. The van der Waals surface area contributed by atoms with E-state index in [9.17, 15) is 4.79 Å². The number of hydrogen-bond donors (Lipinski definition) is 2. The van der Waals surface area contributed by atoms with Crippen LogP contribution in [0.1, 0.15) is 51.6 Å². The molecule has 1 saturated carbocycles. The van der Waals surface area contributed by atoms with E-state index < -0.39 is 0 Å². The molecular weight excluding hydrogens is 312 g/mol. The molecule has 0 spiro atoms. The second-order valence-corrected chi connectivity index (χ2v) is 6.50. The highest BCUT2D eigenvalue weighted by molar-refractivity contribution is 5.85. The number of nitrogens with two attached hydrogens (primary N) is 1. The Kier molecular flexibility index (Phi) is 7.86. The first kappa shape index (κ1) is 19.8. The summed E-state index contributed by atoms with van der Waals surface area (Å²) >= 11 is 0. The Hall–Kier alpha value is -1.26. The summed E-state index contributed by atoms with van der Waals surface area (Å²) < 4.78 is 5.72. The second kappa shape index (κ2) is 9.14. The van der Waals surface area contributed by atoms with Gasteiger partial charge in [-0.1, -0.05) is 18.6 Å². The van der Waals surface area contributed by atoms with E-state index in [0.29, 0.717) is 12.5 Å². The molecule has 0 aromatic heterocycles. The Morgan fingerprint density at radius 1 is 1.35 bits per heavy atom. The molecule has 1 amide bonds. The van der Waals surface area contributed by atoms with E-state index in [1.807, 2.05) is 45.0 Å². The van der Waals surface area contributed by atoms with Crippen LogP contribution in [0.3, 0.4) is 0 Å². The molecule has 5 heteroatoms. The van der Waals surface area contributed by atoms with Crippen molar-refractivity contribution in [1.82, 2.24) is 5.32 Å². The molecule has 0 bridgehead atoms. The smallest absolute Gasteiger partial charge is 0.223 e. The third-order valence-corrected chi connectivity index (χ3v) is 4.39. The van der Waals surface area contributed by atoms with Crippen molar-refractivity contribution in [2.75, 3.05) is 6.54 Å². The number of amides is 1. The first-order chi connectivity index (χ1) is 10.5. The summed E-state index contributed by atoms with van der Waals surface area (Å²) in [4.78, 5) is 12.5. The summed E-state index contributed by atoms with van der Waals surface area (Å²) in [5.41, 5.74) is 6.84. The number of ether oxygens (including phenoxy) is 1. The van der Waals surface area contributed by atoms with Crippen molar-refractivity contribution < 1.29 is 9.53 Å². The molecule has 1 aromatic rings. The van der Waals surface area contributed by atoms with Crippen molar-refractivity contribution in [3.05, 3.63) is 29.8 Å². The predicted octanol–water partition coefficient (Wildman–Crippen LogP) is 3.45. The number of hydrogen-bond acceptors (Lipinski definition) is 3. The van der Waals surface area contributed by atoms with Crippen LogP contribution in [-0.2, 0) is 4.79 Å². The minimum atomic E-state index is -0.0257. The van der Waals surface area contributed by atoms with Gasteiger partial charge < -0.3 is 15.8 Å². The van der Waals surface area contributed by atoms with E-state index in [1.54, 1.807) is 0 Å². The molecule has 1 fully saturated rings. The summed E-state index contributed by atoms with van der Waals surface area (Å²) in [6, 6.07) is 7.91. The van der Waals surface area contributed by atoms with E-state index >= 15 is 0 Å². The summed E-state index contributed by atoms with van der Waals surface area (Å²) in [6.07, 6.45) is 3.27. The highest BCUT2D eigenvalue weighted by Crippen LogP contribution is 2.31. The zero-order valence-electron chi connectivity index (χ0n) is 14.2. The summed E-state index contributed by atoms with van der Waals surface area (Å²) in [7, 11) is 0. The molecular formula is C18H29ClN2O2. The fourth-order valence-corrected chi connectivity index (χ4v) is 3.20. The number of carbonyl (C=O) groups excluding carboxylic acids is 1. The predicted molar refractivity (Wildman–Crippen MR) is 95.9 cm³/mol. The third-order valence-electron chi connectivity index (χ3n) is 4.39. The molecule has 0 saturated heterocycles. The normalized spacial score (nSPS) is 21.6. The van der Waals surface area contributed by atoms with Crippen molar-refractivity contribution in [3.8, 4) is 5.75 Å². The Bertz CT molecular complexity index is 508. The van der Waals surface area contributed by atoms with Gasteiger partial charge in [0.25, 0.3) is 0 Å². The highest BCUT2D eigenvalue weighted by atomic mass is 35.5. The average Bonchev–Trinajstić information content (AvgIpc) is 2.95. The molecule has 1 aliphatic carbocycles. The number of benzene rings is 1. The SMILES string of the molecule is CC(C)Oc1cccc(C(C)NC(=O)[C@@H]2CCC[C@@H]2CN)c1.Cl. The standard InChI is InChI=1S/C18H28N2O2.ClH/c1-12(2)22-16-8-4-6-14(10-16)13(3)20-18(21)17-9-5-7-15(17)11-19;/h4,6,8,10,12-13,15,17H,5,7,9,11,19H2,1-3H3,(H,20,21);1H/t13?,15-,17-;/m1./s1. The van der Waals surface area contributed by atoms with Gasteiger partial charge in [0.1, 0.15) is 5.75 Å². The molecule has 1 aromatic carbocycles. The molecule has 0 aliphatic heterocycles. The van der Waals surface area contributed by atoms with Gasteiger partial charge in [0.15, 0.2) is 0 Å². The third kappa shape index (κ3) is 5.40. The summed E-state index contributed by atoms with van der Waals surface area (Å²) in [5, 5.41) is 3.13. The molecule has 0 radical (unpaired) electrons. The van der Waals surface area contributed by atoms with Crippen LogP contribution in [0.25, 0.3) is 0 Å². The van der Waals surface area contributed by atoms with Crippen LogP contribution in [0, 0.1) is 11.8 Å². The zero-order chi connectivity index (χ0) is 16.1. The lowest BCUT2D eigenvalue weighted by Gasteiger charge is -2.21. The fourth-order valence-electron chi connectivity index (χ4n) is 3.20. The number of nitrogens with one attached hydrogen (secondary N) is 1. The van der Waals surface area contributed by atoms with Crippen LogP contribution in [-0.4, -0.2) is 18.6 Å². The zero-order valence-corrected chi connectivity index (χ0v) is 15.1. The Morgan fingerprint density at radius 3 is 2.74 bits per heavy atom. The fraction of sp³-hybridized carbons (Fsp3) is 0.611. The van der Waals surface area contributed by atoms with Crippen molar-refractivity contribution in [2.45, 2.75) is 52.2 Å². The minimum absolute atomic E-state index is 0. The van der Waals surface area contributed by atoms with E-state index in [4.69, 9.17) is 10.5 Å². The largest absolute Gasteiger partial charge is 0.491 e. The van der Waals surface area contributed by atoms with Crippen LogP contribution in [0.15, 0.2) is 24.3 Å². The molecule has 0 heterocycles. The Morgan fingerprint density at radius 2 is 2.09 bits per heavy atom. The quantitative estimate of drug-likeness (QED) is 0.833. The van der Waals surface area contributed by atoms with Gasteiger partial charge in [-0.25, -0.2) is 0 Å². The maximum absolute atomic E-state index is 12.5. The molecule has 2 rings (SSSR count). The first-order valence-corrected chi connectivity index (χ1v) is 8.28. The maximum atomic E-state index is 12.5. The van der Waals surface area contributed by atoms with Crippen LogP contribution in [0.5, 0.6) is 5.75 Å². The monoisotopic (exact) mass is 340 g/mol. The number of halogens is 1. The molecule has 3 N–H and O–H groups in total. The molecule has 23 heavy (non-hydrogen) atoms.